The minimum Gasteiger partial charge on any atom is -0.361 e. The van der Waals surface area contributed by atoms with Crippen LogP contribution in [-0.4, -0.2) is 57.4 Å². The first kappa shape index (κ1) is 19.1. The van der Waals surface area contributed by atoms with Crippen LogP contribution in [0.3, 0.4) is 0 Å². The summed E-state index contributed by atoms with van der Waals surface area (Å²) in [5.41, 5.74) is 1.67. The number of thioether (sulfide) groups is 1. The van der Waals surface area contributed by atoms with Crippen molar-refractivity contribution in [2.24, 2.45) is 0 Å². The maximum atomic E-state index is 12.3. The van der Waals surface area contributed by atoms with Crippen LogP contribution in [0, 0.1) is 0 Å². The van der Waals surface area contributed by atoms with E-state index in [4.69, 9.17) is 4.74 Å². The van der Waals surface area contributed by atoms with Gasteiger partial charge >= 0.3 is 0 Å². The molecule has 0 aliphatic carbocycles. The van der Waals surface area contributed by atoms with Gasteiger partial charge in [-0.1, -0.05) is 12.1 Å². The summed E-state index contributed by atoms with van der Waals surface area (Å²) < 4.78 is 8.08. The number of nitrogens with zero attached hydrogens (tertiary/aromatic N) is 4. The van der Waals surface area contributed by atoms with Crippen molar-refractivity contribution >= 4 is 28.9 Å². The fourth-order valence-corrected chi connectivity index (χ4v) is 5.57. The Morgan fingerprint density at radius 1 is 1.37 bits per heavy atom. The Labute approximate surface area is 168 Å². The highest BCUT2D eigenvalue weighted by Crippen LogP contribution is 2.45. The summed E-state index contributed by atoms with van der Waals surface area (Å²) in [6.07, 6.45) is 6.99. The molecule has 1 spiro atoms. The molecule has 146 valence electrons. The van der Waals surface area contributed by atoms with Gasteiger partial charge in [-0.15, -0.1) is 16.4 Å². The van der Waals surface area contributed by atoms with Gasteiger partial charge in [-0.25, -0.2) is 0 Å². The maximum absolute atomic E-state index is 12.3. The van der Waals surface area contributed by atoms with Crippen LogP contribution in [0.15, 0.2) is 12.3 Å². The Hall–Kier alpha value is -1.22. The molecule has 2 aliphatic rings. The van der Waals surface area contributed by atoms with Gasteiger partial charge in [0.1, 0.15) is 12.2 Å². The smallest absolute Gasteiger partial charge is 0.189 e. The number of thiophene rings is 1. The van der Waals surface area contributed by atoms with Crippen LogP contribution in [0.2, 0.25) is 0 Å². The zero-order valence-corrected chi connectivity index (χ0v) is 17.6. The summed E-state index contributed by atoms with van der Waals surface area (Å²) in [6, 6.07) is 2.09. The van der Waals surface area contributed by atoms with Crippen molar-refractivity contribution in [3.8, 4) is 0 Å². The molecule has 0 unspecified atom stereocenters. The molecule has 2 aromatic heterocycles. The molecule has 1 fully saturated rings. The van der Waals surface area contributed by atoms with Gasteiger partial charge in [0.25, 0.3) is 0 Å². The third-order valence-corrected chi connectivity index (χ3v) is 7.54. The van der Waals surface area contributed by atoms with Gasteiger partial charge in [0.15, 0.2) is 5.78 Å². The molecule has 8 heteroatoms. The van der Waals surface area contributed by atoms with Crippen molar-refractivity contribution < 1.29 is 9.53 Å². The standard InChI is InChI=1S/C19H26N4O2S2/c1-3-15-10-16-17(24)13-25-19(18(16)27-15)4-6-22(7-5-19)11-14-12-23(21-20-14)8-9-26-2/h10,12H,3-9,11,13H2,1-2H3. The SMILES string of the molecule is CCc1cc2c(s1)C1(CCN(Cc3cn(CCSC)nn3)CC1)OCC2=O. The fourth-order valence-electron chi connectivity index (χ4n) is 3.89. The quantitative estimate of drug-likeness (QED) is 0.735. The van der Waals surface area contributed by atoms with Crippen LogP contribution in [0.5, 0.6) is 0 Å². The van der Waals surface area contributed by atoms with Crippen molar-refractivity contribution in [2.75, 3.05) is 31.7 Å². The number of carbonyl (C=O) groups is 1. The molecule has 0 radical (unpaired) electrons. The molecule has 0 atom stereocenters. The number of carbonyl (C=O) groups excluding carboxylic acids is 1. The minimum atomic E-state index is -0.270. The molecule has 2 aliphatic heterocycles. The van der Waals surface area contributed by atoms with Gasteiger partial charge in [0, 0.05) is 46.9 Å². The molecule has 0 saturated carbocycles. The minimum absolute atomic E-state index is 0.135. The normalized spacial score (nSPS) is 19.6. The van der Waals surface area contributed by atoms with E-state index in [1.54, 1.807) is 11.3 Å². The Morgan fingerprint density at radius 2 is 2.19 bits per heavy atom. The number of aromatic nitrogens is 3. The third-order valence-electron chi connectivity index (χ3n) is 5.49. The van der Waals surface area contributed by atoms with Crippen molar-refractivity contribution in [2.45, 2.75) is 44.9 Å². The molecular weight excluding hydrogens is 380 g/mol. The zero-order chi connectivity index (χ0) is 18.9. The molecule has 6 nitrogen and oxygen atoms in total. The third kappa shape index (κ3) is 3.85. The predicted octanol–water partition coefficient (Wildman–Crippen LogP) is 2.97. The number of ketones is 1. The molecule has 1 saturated heterocycles. The first-order chi connectivity index (χ1) is 13.1. The van der Waals surface area contributed by atoms with Crippen molar-refractivity contribution in [1.29, 1.82) is 0 Å². The van der Waals surface area contributed by atoms with Crippen molar-refractivity contribution in [3.63, 3.8) is 0 Å². The number of piperidine rings is 1. The Bertz CT molecular complexity index is 808. The second-order valence-corrected chi connectivity index (χ2v) is 9.38. The summed E-state index contributed by atoms with van der Waals surface area (Å²) in [5.74, 6) is 1.18. The molecule has 4 rings (SSSR count). The van der Waals surface area contributed by atoms with Crippen molar-refractivity contribution in [3.05, 3.63) is 33.3 Å². The van der Waals surface area contributed by atoms with Crippen LogP contribution in [0.25, 0.3) is 0 Å². The van der Waals surface area contributed by atoms with E-state index >= 15 is 0 Å². The Morgan fingerprint density at radius 3 is 2.93 bits per heavy atom. The van der Waals surface area contributed by atoms with Gasteiger partial charge in [-0.05, 0) is 31.6 Å². The van der Waals surface area contributed by atoms with Crippen LogP contribution < -0.4 is 0 Å². The van der Waals surface area contributed by atoms with Gasteiger partial charge < -0.3 is 4.74 Å². The number of rotatable bonds is 6. The van der Waals surface area contributed by atoms with Gasteiger partial charge in [0.05, 0.1) is 12.2 Å². The van der Waals surface area contributed by atoms with Crippen LogP contribution in [0.4, 0.5) is 0 Å². The highest BCUT2D eigenvalue weighted by Gasteiger charge is 2.44. The summed E-state index contributed by atoms with van der Waals surface area (Å²) in [6.45, 7) is 5.99. The van der Waals surface area contributed by atoms with Crippen LogP contribution in [0.1, 0.15) is 45.6 Å². The van der Waals surface area contributed by atoms with Gasteiger partial charge in [-0.2, -0.15) is 11.8 Å². The lowest BCUT2D eigenvalue weighted by atomic mass is 9.85. The van der Waals surface area contributed by atoms with Gasteiger partial charge in [0.2, 0.25) is 0 Å². The summed E-state index contributed by atoms with van der Waals surface area (Å²) >= 11 is 3.58. The van der Waals surface area contributed by atoms with Crippen LogP contribution in [-0.2, 0) is 29.8 Å². The highest BCUT2D eigenvalue weighted by atomic mass is 32.2. The molecule has 4 heterocycles. The van der Waals surface area contributed by atoms with E-state index in [2.05, 4.69) is 40.7 Å². The predicted molar refractivity (Wildman–Crippen MR) is 109 cm³/mol. The number of hydrogen-bond acceptors (Lipinski definition) is 7. The number of fused-ring (bicyclic) bond motifs is 2. The summed E-state index contributed by atoms with van der Waals surface area (Å²) in [7, 11) is 0. The maximum Gasteiger partial charge on any atom is 0.189 e. The lowest BCUT2D eigenvalue weighted by molar-refractivity contribution is -0.0852. The molecule has 0 aromatic carbocycles. The Kier molecular flexibility index (Phi) is 5.68. The lowest BCUT2D eigenvalue weighted by Crippen LogP contribution is -2.46. The lowest BCUT2D eigenvalue weighted by Gasteiger charge is -2.43. The second-order valence-electron chi connectivity index (χ2n) is 7.26. The number of aryl methyl sites for hydroxylation is 2. The average Bonchev–Trinajstić information content (AvgIpc) is 3.33. The van der Waals surface area contributed by atoms with E-state index in [1.807, 2.05) is 16.4 Å². The first-order valence-electron chi connectivity index (χ1n) is 9.54. The molecule has 0 bridgehead atoms. The molecule has 0 amide bonds. The number of ether oxygens (including phenoxy) is 1. The largest absolute Gasteiger partial charge is 0.361 e. The average molecular weight is 407 g/mol. The van der Waals surface area contributed by atoms with E-state index in [1.165, 1.54) is 9.75 Å². The summed E-state index contributed by atoms with van der Waals surface area (Å²) in [5, 5.41) is 8.53. The van der Waals surface area contributed by atoms with E-state index in [-0.39, 0.29) is 18.0 Å². The van der Waals surface area contributed by atoms with E-state index < -0.39 is 0 Å². The number of hydrogen-bond donors (Lipinski definition) is 0. The molecule has 2 aromatic rings. The number of Topliss-reactive ketones (excluding diaryl/α,β-unsaturated/α-hetero) is 1. The topological polar surface area (TPSA) is 60.3 Å². The van der Waals surface area contributed by atoms with E-state index in [9.17, 15) is 4.79 Å². The Balaban J connectivity index is 1.42. The molecule has 27 heavy (non-hydrogen) atoms. The summed E-state index contributed by atoms with van der Waals surface area (Å²) in [4.78, 5) is 17.1. The fraction of sp³-hybridized carbons (Fsp3) is 0.632. The second kappa shape index (κ2) is 8.03. The number of likely N-dealkylation sites (tertiary alicyclic amines) is 1. The zero-order valence-electron chi connectivity index (χ0n) is 15.9. The highest BCUT2D eigenvalue weighted by molar-refractivity contribution is 7.98. The molecule has 0 N–H and O–H groups in total. The van der Waals surface area contributed by atoms with E-state index in [0.717, 1.165) is 62.5 Å². The molecular formula is C19H26N4O2S2. The van der Waals surface area contributed by atoms with E-state index in [0.29, 0.717) is 0 Å². The first-order valence-corrected chi connectivity index (χ1v) is 11.8. The van der Waals surface area contributed by atoms with Crippen molar-refractivity contribution in [1.82, 2.24) is 19.9 Å². The van der Waals surface area contributed by atoms with Gasteiger partial charge in [-0.3, -0.25) is 14.4 Å². The van der Waals surface area contributed by atoms with Crippen LogP contribution >= 0.6 is 23.1 Å². The monoisotopic (exact) mass is 406 g/mol.